The molecule has 0 spiro atoms. The van der Waals surface area contributed by atoms with Crippen LogP contribution in [0.2, 0.25) is 0 Å². The van der Waals surface area contributed by atoms with Gasteiger partial charge in [0.25, 0.3) is 5.91 Å². The van der Waals surface area contributed by atoms with Crippen molar-refractivity contribution >= 4 is 11.7 Å². The van der Waals surface area contributed by atoms with Crippen molar-refractivity contribution in [2.75, 3.05) is 31.2 Å². The maximum absolute atomic E-state index is 13.6. The van der Waals surface area contributed by atoms with E-state index < -0.39 is 0 Å². The molecule has 6 nitrogen and oxygen atoms in total. The Morgan fingerprint density at radius 2 is 2.04 bits per heavy atom. The fourth-order valence-electron chi connectivity index (χ4n) is 2.53. The van der Waals surface area contributed by atoms with Gasteiger partial charge < -0.3 is 15.0 Å². The molecule has 0 bridgehead atoms. The predicted molar refractivity (Wildman–Crippen MR) is 87.4 cm³/mol. The van der Waals surface area contributed by atoms with Gasteiger partial charge in [0.15, 0.2) is 0 Å². The Morgan fingerprint density at radius 3 is 2.79 bits per heavy atom. The first-order valence-corrected chi connectivity index (χ1v) is 7.83. The minimum absolute atomic E-state index is 0.113. The number of ether oxygens (including phenoxy) is 1. The van der Waals surface area contributed by atoms with E-state index in [9.17, 15) is 9.18 Å². The van der Waals surface area contributed by atoms with Crippen LogP contribution in [-0.4, -0.2) is 42.2 Å². The van der Waals surface area contributed by atoms with Crippen molar-refractivity contribution in [2.24, 2.45) is 0 Å². The van der Waals surface area contributed by atoms with Crippen LogP contribution in [0.25, 0.3) is 0 Å². The van der Waals surface area contributed by atoms with E-state index in [2.05, 4.69) is 20.2 Å². The van der Waals surface area contributed by atoms with E-state index in [4.69, 9.17) is 4.74 Å². The van der Waals surface area contributed by atoms with Gasteiger partial charge in [0.05, 0.1) is 13.2 Å². The Bertz CT molecular complexity index is 732. The van der Waals surface area contributed by atoms with Crippen molar-refractivity contribution in [3.8, 4) is 0 Å². The van der Waals surface area contributed by atoms with Crippen molar-refractivity contribution in [2.45, 2.75) is 13.5 Å². The van der Waals surface area contributed by atoms with E-state index in [-0.39, 0.29) is 24.0 Å². The van der Waals surface area contributed by atoms with Crippen LogP contribution in [0.1, 0.15) is 21.9 Å². The molecule has 1 aliphatic rings. The zero-order valence-electron chi connectivity index (χ0n) is 13.5. The molecule has 24 heavy (non-hydrogen) atoms. The molecule has 1 aromatic heterocycles. The zero-order chi connectivity index (χ0) is 16.9. The van der Waals surface area contributed by atoms with Gasteiger partial charge in [-0.1, -0.05) is 18.2 Å². The average Bonchev–Trinajstić information content (AvgIpc) is 2.61. The number of carbonyl (C=O) groups is 1. The second-order valence-corrected chi connectivity index (χ2v) is 5.53. The number of nitrogens with zero attached hydrogens (tertiary/aromatic N) is 3. The molecule has 1 amide bonds. The lowest BCUT2D eigenvalue weighted by Gasteiger charge is -2.28. The molecule has 0 aliphatic carbocycles. The standard InChI is InChI=1S/C17H19FN4O2/c1-12-20-15(10-16(21-12)22-6-8-24-9-7-22)17(23)19-11-13-4-2-3-5-14(13)18/h2-5,10H,6-9,11H2,1H3,(H,19,23). The van der Waals surface area contributed by atoms with Crippen molar-refractivity contribution < 1.29 is 13.9 Å². The van der Waals surface area contributed by atoms with Gasteiger partial charge in [0.1, 0.15) is 23.2 Å². The Labute approximate surface area is 139 Å². The van der Waals surface area contributed by atoms with Gasteiger partial charge in [-0.3, -0.25) is 4.79 Å². The smallest absolute Gasteiger partial charge is 0.270 e. The third-order valence-corrected chi connectivity index (χ3v) is 3.79. The monoisotopic (exact) mass is 330 g/mol. The van der Waals surface area contributed by atoms with E-state index in [0.717, 1.165) is 13.1 Å². The third kappa shape index (κ3) is 3.86. The van der Waals surface area contributed by atoms with Gasteiger partial charge in [0.2, 0.25) is 0 Å². The highest BCUT2D eigenvalue weighted by Gasteiger charge is 2.17. The Kier molecular flexibility index (Phi) is 5.00. The summed E-state index contributed by atoms with van der Waals surface area (Å²) >= 11 is 0. The van der Waals surface area contributed by atoms with E-state index in [1.807, 2.05) is 0 Å². The number of nitrogens with one attached hydrogen (secondary N) is 1. The van der Waals surface area contributed by atoms with Crippen LogP contribution in [0.15, 0.2) is 30.3 Å². The molecule has 1 N–H and O–H groups in total. The molecule has 1 saturated heterocycles. The molecule has 1 aromatic carbocycles. The van der Waals surface area contributed by atoms with Gasteiger partial charge in [0, 0.05) is 31.3 Å². The lowest BCUT2D eigenvalue weighted by Crippen LogP contribution is -2.37. The largest absolute Gasteiger partial charge is 0.378 e. The molecule has 126 valence electrons. The molecular formula is C17H19FN4O2. The fraction of sp³-hybridized carbons (Fsp3) is 0.353. The fourth-order valence-corrected chi connectivity index (χ4v) is 2.53. The maximum Gasteiger partial charge on any atom is 0.270 e. The first kappa shape index (κ1) is 16.3. The number of hydrogen-bond donors (Lipinski definition) is 1. The van der Waals surface area contributed by atoms with Crippen LogP contribution in [0, 0.1) is 12.7 Å². The van der Waals surface area contributed by atoms with Crippen LogP contribution in [0.4, 0.5) is 10.2 Å². The molecule has 1 fully saturated rings. The molecule has 0 saturated carbocycles. The lowest BCUT2D eigenvalue weighted by atomic mass is 10.2. The summed E-state index contributed by atoms with van der Waals surface area (Å²) in [5.74, 6) is 0.542. The number of aromatic nitrogens is 2. The Morgan fingerprint density at radius 1 is 1.29 bits per heavy atom. The maximum atomic E-state index is 13.6. The number of anilines is 1. The molecule has 0 unspecified atom stereocenters. The highest BCUT2D eigenvalue weighted by Crippen LogP contribution is 2.15. The third-order valence-electron chi connectivity index (χ3n) is 3.79. The highest BCUT2D eigenvalue weighted by molar-refractivity contribution is 5.92. The Balaban J connectivity index is 1.72. The van der Waals surface area contributed by atoms with Crippen LogP contribution < -0.4 is 10.2 Å². The second kappa shape index (κ2) is 7.35. The molecule has 0 atom stereocenters. The molecule has 2 aromatic rings. The van der Waals surface area contributed by atoms with Crippen LogP contribution in [0.3, 0.4) is 0 Å². The summed E-state index contributed by atoms with van der Waals surface area (Å²) in [6, 6.07) is 8.01. The van der Waals surface area contributed by atoms with E-state index >= 15 is 0 Å². The molecule has 1 aliphatic heterocycles. The highest BCUT2D eigenvalue weighted by atomic mass is 19.1. The summed E-state index contributed by atoms with van der Waals surface area (Å²) in [5.41, 5.74) is 0.713. The first-order chi connectivity index (χ1) is 11.6. The number of hydrogen-bond acceptors (Lipinski definition) is 5. The van der Waals surface area contributed by atoms with Crippen LogP contribution in [0.5, 0.6) is 0 Å². The van der Waals surface area contributed by atoms with Crippen molar-refractivity contribution in [1.82, 2.24) is 15.3 Å². The summed E-state index contributed by atoms with van der Waals surface area (Å²) < 4.78 is 18.9. The molecule has 3 rings (SSSR count). The number of amides is 1. The Hall–Kier alpha value is -2.54. The molecule has 0 radical (unpaired) electrons. The molecule has 2 heterocycles. The quantitative estimate of drug-likeness (QED) is 0.924. The summed E-state index contributed by atoms with van der Waals surface area (Å²) in [7, 11) is 0. The van der Waals surface area contributed by atoms with Crippen LogP contribution in [-0.2, 0) is 11.3 Å². The topological polar surface area (TPSA) is 67.4 Å². The minimum Gasteiger partial charge on any atom is -0.378 e. The van der Waals surface area contributed by atoms with Crippen molar-refractivity contribution in [3.05, 3.63) is 53.2 Å². The summed E-state index contributed by atoms with van der Waals surface area (Å²) in [6.07, 6.45) is 0. The summed E-state index contributed by atoms with van der Waals surface area (Å²) in [5, 5.41) is 2.70. The van der Waals surface area contributed by atoms with E-state index in [1.165, 1.54) is 6.07 Å². The average molecular weight is 330 g/mol. The summed E-state index contributed by atoms with van der Waals surface area (Å²) in [4.78, 5) is 23.0. The van der Waals surface area contributed by atoms with E-state index in [1.54, 1.807) is 31.2 Å². The SMILES string of the molecule is Cc1nc(C(=O)NCc2ccccc2F)cc(N2CCOCC2)n1. The number of benzene rings is 1. The number of rotatable bonds is 4. The minimum atomic E-state index is -0.349. The lowest BCUT2D eigenvalue weighted by molar-refractivity contribution is 0.0945. The van der Waals surface area contributed by atoms with Crippen molar-refractivity contribution in [1.29, 1.82) is 0 Å². The first-order valence-electron chi connectivity index (χ1n) is 7.83. The van der Waals surface area contributed by atoms with Gasteiger partial charge in [-0.25, -0.2) is 14.4 Å². The second-order valence-electron chi connectivity index (χ2n) is 5.53. The molecule has 7 heteroatoms. The van der Waals surface area contributed by atoms with Crippen LogP contribution >= 0.6 is 0 Å². The predicted octanol–water partition coefficient (Wildman–Crippen LogP) is 1.69. The van der Waals surface area contributed by atoms with Gasteiger partial charge in [-0.15, -0.1) is 0 Å². The number of aryl methyl sites for hydroxylation is 1. The number of morpholine rings is 1. The zero-order valence-corrected chi connectivity index (χ0v) is 13.5. The normalized spacial score (nSPS) is 14.5. The van der Waals surface area contributed by atoms with Gasteiger partial charge in [-0.05, 0) is 13.0 Å². The number of carbonyl (C=O) groups excluding carboxylic acids is 1. The molecular weight excluding hydrogens is 311 g/mol. The van der Waals surface area contributed by atoms with Gasteiger partial charge >= 0.3 is 0 Å². The number of halogens is 1. The summed E-state index contributed by atoms with van der Waals surface area (Å²) in [6.45, 7) is 4.59. The van der Waals surface area contributed by atoms with E-state index in [0.29, 0.717) is 30.4 Å². The van der Waals surface area contributed by atoms with Crippen molar-refractivity contribution in [3.63, 3.8) is 0 Å². The van der Waals surface area contributed by atoms with Gasteiger partial charge in [-0.2, -0.15) is 0 Å².